The number of rotatable bonds is 6. The Kier molecular flexibility index (Phi) is 4.34. The van der Waals surface area contributed by atoms with Crippen LogP contribution in [0.25, 0.3) is 0 Å². The first-order valence-corrected chi connectivity index (χ1v) is 5.40. The number of unbranched alkanes of at least 4 members (excludes halogenated alkanes) is 2. The highest BCUT2D eigenvalue weighted by molar-refractivity contribution is 5.66. The van der Waals surface area contributed by atoms with Crippen molar-refractivity contribution in [1.82, 2.24) is 4.57 Å². The third-order valence-corrected chi connectivity index (χ3v) is 2.52. The molecule has 0 unspecified atom stereocenters. The summed E-state index contributed by atoms with van der Waals surface area (Å²) in [4.78, 5) is 10.6. The Bertz CT molecular complexity index is 331. The fraction of sp³-hybridized carbons (Fsp3) is 0.636. The smallest absolute Gasteiger partial charge is 0.346 e. The Morgan fingerprint density at radius 1 is 1.53 bits per heavy atom. The molecule has 0 bridgehead atoms. The number of carboxylic acids is 1. The molecule has 0 aromatic carbocycles. The van der Waals surface area contributed by atoms with Crippen molar-refractivity contribution in [1.29, 1.82) is 0 Å². The normalized spacial score (nSPS) is 10.5. The Balaban J connectivity index is 2.66. The second-order valence-electron chi connectivity index (χ2n) is 3.80. The summed E-state index contributed by atoms with van der Waals surface area (Å²) in [6.45, 7) is 2.22. The Hall–Kier alpha value is -1.32. The number of imidazole rings is 1. The third-order valence-electron chi connectivity index (χ3n) is 2.52. The molecule has 1 rings (SSSR count). The lowest BCUT2D eigenvalue weighted by molar-refractivity contribution is -0.678. The molecule has 1 heterocycles. The lowest BCUT2D eigenvalue weighted by atomic mass is 10.2. The molecule has 0 radical (unpaired) electrons. The second kappa shape index (κ2) is 5.53. The van der Waals surface area contributed by atoms with E-state index in [9.17, 15) is 4.79 Å². The number of carboxylic acid groups (broad SMARTS) is 1. The summed E-state index contributed by atoms with van der Waals surface area (Å²) in [5.41, 5.74) is 0. The molecule has 0 saturated heterocycles. The summed E-state index contributed by atoms with van der Waals surface area (Å²) in [6, 6.07) is 0. The number of aryl methyl sites for hydroxylation is 1. The maximum Gasteiger partial charge on any atom is 0.346 e. The van der Waals surface area contributed by atoms with E-state index in [4.69, 9.17) is 5.11 Å². The van der Waals surface area contributed by atoms with E-state index in [-0.39, 0.29) is 6.54 Å². The van der Waals surface area contributed by atoms with Gasteiger partial charge in [0.05, 0.1) is 7.05 Å². The lowest BCUT2D eigenvalue weighted by Crippen LogP contribution is -2.32. The van der Waals surface area contributed by atoms with Gasteiger partial charge in [-0.25, -0.2) is 13.9 Å². The van der Waals surface area contributed by atoms with E-state index in [1.165, 1.54) is 12.8 Å². The van der Waals surface area contributed by atoms with Crippen molar-refractivity contribution in [2.75, 3.05) is 0 Å². The Labute approximate surface area is 90.2 Å². The second-order valence-corrected chi connectivity index (χ2v) is 3.80. The maximum atomic E-state index is 10.6. The number of carbonyl (C=O) groups is 1. The van der Waals surface area contributed by atoms with Crippen LogP contribution in [-0.2, 0) is 24.8 Å². The van der Waals surface area contributed by atoms with Gasteiger partial charge in [0.1, 0.15) is 12.4 Å². The molecule has 4 heteroatoms. The topological polar surface area (TPSA) is 46.1 Å². The van der Waals surface area contributed by atoms with E-state index in [0.29, 0.717) is 0 Å². The fourth-order valence-corrected chi connectivity index (χ4v) is 1.70. The molecular formula is C11H19N2O2+. The van der Waals surface area contributed by atoms with E-state index in [1.54, 1.807) is 4.57 Å². The van der Waals surface area contributed by atoms with Gasteiger partial charge in [-0.05, 0) is 6.42 Å². The highest BCUT2D eigenvalue weighted by Crippen LogP contribution is 2.03. The lowest BCUT2D eigenvalue weighted by Gasteiger charge is -2.00. The third kappa shape index (κ3) is 3.38. The standard InChI is InChI=1S/C11H18N2O2/c1-3-4-5-6-10-12(2)7-8-13(10)9-11(14)15/h7-8H,3-6,9H2,1-2H3/p+1. The molecule has 0 spiro atoms. The summed E-state index contributed by atoms with van der Waals surface area (Å²) in [5, 5.41) is 8.74. The summed E-state index contributed by atoms with van der Waals surface area (Å²) >= 11 is 0. The first-order valence-electron chi connectivity index (χ1n) is 5.40. The van der Waals surface area contributed by atoms with Crippen molar-refractivity contribution >= 4 is 5.97 Å². The molecule has 15 heavy (non-hydrogen) atoms. The number of nitrogens with zero attached hydrogens (tertiary/aromatic N) is 2. The zero-order valence-corrected chi connectivity index (χ0v) is 9.44. The van der Waals surface area contributed by atoms with Gasteiger partial charge in [-0.3, -0.25) is 0 Å². The van der Waals surface area contributed by atoms with E-state index >= 15 is 0 Å². The first kappa shape index (κ1) is 11.8. The van der Waals surface area contributed by atoms with E-state index < -0.39 is 5.97 Å². The minimum atomic E-state index is -0.789. The van der Waals surface area contributed by atoms with Crippen LogP contribution in [0.1, 0.15) is 32.0 Å². The Morgan fingerprint density at radius 3 is 2.87 bits per heavy atom. The van der Waals surface area contributed by atoms with Crippen molar-refractivity contribution in [2.24, 2.45) is 7.05 Å². The summed E-state index contributed by atoms with van der Waals surface area (Å²) < 4.78 is 3.80. The molecular weight excluding hydrogens is 192 g/mol. The zero-order valence-electron chi connectivity index (χ0n) is 9.44. The highest BCUT2D eigenvalue weighted by atomic mass is 16.4. The van der Waals surface area contributed by atoms with Crippen LogP contribution in [0.5, 0.6) is 0 Å². The summed E-state index contributed by atoms with van der Waals surface area (Å²) in [5.74, 6) is 0.300. The van der Waals surface area contributed by atoms with Crippen LogP contribution in [0.15, 0.2) is 12.4 Å². The van der Waals surface area contributed by atoms with E-state index in [1.807, 2.05) is 24.0 Å². The predicted molar refractivity (Wildman–Crippen MR) is 56.5 cm³/mol. The van der Waals surface area contributed by atoms with Crippen molar-refractivity contribution in [3.63, 3.8) is 0 Å². The molecule has 0 aliphatic rings. The van der Waals surface area contributed by atoms with Crippen LogP contribution < -0.4 is 4.57 Å². The van der Waals surface area contributed by atoms with Crippen LogP contribution in [0.3, 0.4) is 0 Å². The molecule has 0 aliphatic heterocycles. The molecule has 1 N–H and O–H groups in total. The first-order chi connectivity index (χ1) is 7.15. The fourth-order valence-electron chi connectivity index (χ4n) is 1.70. The molecule has 0 atom stereocenters. The van der Waals surface area contributed by atoms with Crippen LogP contribution in [0.2, 0.25) is 0 Å². The predicted octanol–water partition coefficient (Wildman–Crippen LogP) is 1.13. The molecule has 0 amide bonds. The molecule has 4 nitrogen and oxygen atoms in total. The average molecular weight is 211 g/mol. The average Bonchev–Trinajstić information content (AvgIpc) is 2.49. The van der Waals surface area contributed by atoms with Crippen molar-refractivity contribution in [2.45, 2.75) is 39.2 Å². The molecule has 84 valence electrons. The molecule has 0 saturated carbocycles. The number of hydrogen-bond donors (Lipinski definition) is 1. The van der Waals surface area contributed by atoms with Gasteiger partial charge in [0, 0.05) is 6.42 Å². The van der Waals surface area contributed by atoms with Crippen LogP contribution in [-0.4, -0.2) is 15.6 Å². The number of hydrogen-bond acceptors (Lipinski definition) is 1. The Morgan fingerprint density at radius 2 is 2.27 bits per heavy atom. The van der Waals surface area contributed by atoms with Gasteiger partial charge in [-0.1, -0.05) is 19.8 Å². The van der Waals surface area contributed by atoms with Gasteiger partial charge in [-0.15, -0.1) is 0 Å². The van der Waals surface area contributed by atoms with Gasteiger partial charge in [0.2, 0.25) is 0 Å². The van der Waals surface area contributed by atoms with Crippen molar-refractivity contribution in [3.05, 3.63) is 18.2 Å². The van der Waals surface area contributed by atoms with Crippen LogP contribution in [0.4, 0.5) is 0 Å². The molecule has 0 fully saturated rings. The number of aliphatic carboxylic acids is 1. The molecule has 0 aliphatic carbocycles. The SMILES string of the molecule is CCCCCc1n(CC(=O)O)cc[n+]1C. The largest absolute Gasteiger partial charge is 0.478 e. The molecule has 1 aromatic rings. The van der Waals surface area contributed by atoms with Gasteiger partial charge >= 0.3 is 5.97 Å². The van der Waals surface area contributed by atoms with Crippen molar-refractivity contribution in [3.8, 4) is 0 Å². The summed E-state index contributed by atoms with van der Waals surface area (Å²) in [6.07, 6.45) is 8.18. The van der Waals surface area contributed by atoms with Crippen LogP contribution in [0, 0.1) is 0 Å². The zero-order chi connectivity index (χ0) is 11.3. The van der Waals surface area contributed by atoms with Gasteiger partial charge in [-0.2, -0.15) is 0 Å². The van der Waals surface area contributed by atoms with Gasteiger partial charge in [0.25, 0.3) is 5.82 Å². The van der Waals surface area contributed by atoms with E-state index in [2.05, 4.69) is 6.92 Å². The monoisotopic (exact) mass is 211 g/mol. The number of aromatic nitrogens is 2. The minimum absolute atomic E-state index is 0.0578. The van der Waals surface area contributed by atoms with Gasteiger partial charge < -0.3 is 5.11 Å². The quantitative estimate of drug-likeness (QED) is 0.566. The maximum absolute atomic E-state index is 10.6. The van der Waals surface area contributed by atoms with Crippen molar-refractivity contribution < 1.29 is 14.5 Å². The van der Waals surface area contributed by atoms with E-state index in [0.717, 1.165) is 18.7 Å². The highest BCUT2D eigenvalue weighted by Gasteiger charge is 2.15. The minimum Gasteiger partial charge on any atom is -0.478 e. The van der Waals surface area contributed by atoms with Crippen LogP contribution >= 0.6 is 0 Å². The summed E-state index contributed by atoms with van der Waals surface area (Å²) in [7, 11) is 1.96. The molecule has 1 aromatic heterocycles. The van der Waals surface area contributed by atoms with Gasteiger partial charge in [0.15, 0.2) is 6.54 Å².